The molecule has 0 aliphatic carbocycles. The van der Waals surface area contributed by atoms with E-state index >= 15 is 0 Å². The molecule has 1 rings (SSSR count). The van der Waals surface area contributed by atoms with Crippen LogP contribution in [0.25, 0.3) is 0 Å². The Balaban J connectivity index is 2.34. The van der Waals surface area contributed by atoms with Gasteiger partial charge in [-0.1, -0.05) is 23.7 Å². The minimum atomic E-state index is 0.231. The average Bonchev–Trinajstić information content (AvgIpc) is 2.17. The Morgan fingerprint density at radius 1 is 1.36 bits per heavy atom. The van der Waals surface area contributed by atoms with Crippen LogP contribution in [-0.2, 0) is 6.54 Å². The molecule has 3 heteroatoms. The third-order valence-electron chi connectivity index (χ3n) is 2.13. The smallest absolute Gasteiger partial charge is 0.0445 e. The van der Waals surface area contributed by atoms with Crippen molar-refractivity contribution >= 4 is 11.6 Å². The van der Waals surface area contributed by atoms with E-state index in [0.717, 1.165) is 18.0 Å². The molecule has 78 valence electrons. The van der Waals surface area contributed by atoms with Gasteiger partial charge in [-0.25, -0.2) is 0 Å². The first kappa shape index (κ1) is 11.5. The monoisotopic (exact) mass is 213 g/mol. The largest absolute Gasteiger partial charge is 0.396 e. The van der Waals surface area contributed by atoms with Crippen molar-refractivity contribution in [3.8, 4) is 0 Å². The second kappa shape index (κ2) is 6.02. The molecular formula is C11H16ClNO. The predicted molar refractivity (Wildman–Crippen MR) is 59.5 cm³/mol. The molecule has 0 saturated heterocycles. The van der Waals surface area contributed by atoms with Crippen molar-refractivity contribution in [3.63, 3.8) is 0 Å². The fraction of sp³-hybridized carbons (Fsp3) is 0.455. The van der Waals surface area contributed by atoms with Crippen LogP contribution in [0.2, 0.25) is 5.02 Å². The van der Waals surface area contributed by atoms with Crippen molar-refractivity contribution in [1.29, 1.82) is 0 Å². The Kier molecular flexibility index (Phi) is 4.94. The van der Waals surface area contributed by atoms with Crippen LogP contribution in [0.15, 0.2) is 24.3 Å². The summed E-state index contributed by atoms with van der Waals surface area (Å²) in [5.41, 5.74) is 1.21. The fourth-order valence-corrected chi connectivity index (χ4v) is 1.32. The summed E-state index contributed by atoms with van der Waals surface area (Å²) < 4.78 is 0. The van der Waals surface area contributed by atoms with Crippen LogP contribution >= 0.6 is 11.6 Å². The molecule has 0 heterocycles. The van der Waals surface area contributed by atoms with E-state index in [1.165, 1.54) is 5.56 Å². The van der Waals surface area contributed by atoms with Gasteiger partial charge < -0.3 is 10.4 Å². The number of hydrogen-bond acceptors (Lipinski definition) is 2. The van der Waals surface area contributed by atoms with Crippen molar-refractivity contribution in [3.05, 3.63) is 34.9 Å². The molecule has 1 aromatic carbocycles. The van der Waals surface area contributed by atoms with Crippen LogP contribution < -0.4 is 5.32 Å². The van der Waals surface area contributed by atoms with E-state index in [1.54, 1.807) is 0 Å². The molecule has 1 unspecified atom stereocenters. The van der Waals surface area contributed by atoms with Crippen LogP contribution in [-0.4, -0.2) is 17.8 Å². The summed E-state index contributed by atoms with van der Waals surface area (Å²) in [4.78, 5) is 0. The quantitative estimate of drug-likeness (QED) is 0.786. The molecule has 14 heavy (non-hydrogen) atoms. The van der Waals surface area contributed by atoms with Gasteiger partial charge in [-0.2, -0.15) is 0 Å². The third kappa shape index (κ3) is 4.09. The summed E-state index contributed by atoms with van der Waals surface area (Å²) in [6, 6.07) is 8.11. The van der Waals surface area contributed by atoms with Crippen molar-refractivity contribution < 1.29 is 5.11 Å². The highest BCUT2D eigenvalue weighted by atomic mass is 35.5. The molecule has 0 saturated carbocycles. The van der Waals surface area contributed by atoms with Gasteiger partial charge in [0, 0.05) is 24.2 Å². The molecule has 0 fully saturated rings. The van der Waals surface area contributed by atoms with Gasteiger partial charge in [0.05, 0.1) is 0 Å². The number of nitrogens with one attached hydrogen (secondary N) is 1. The molecular weight excluding hydrogens is 198 g/mol. The van der Waals surface area contributed by atoms with Crippen molar-refractivity contribution in [2.24, 2.45) is 0 Å². The first-order valence-corrected chi connectivity index (χ1v) is 5.19. The van der Waals surface area contributed by atoms with Crippen LogP contribution in [0.4, 0.5) is 0 Å². The summed E-state index contributed by atoms with van der Waals surface area (Å²) in [6.45, 7) is 3.11. The molecule has 0 amide bonds. The van der Waals surface area contributed by atoms with E-state index in [4.69, 9.17) is 16.7 Å². The van der Waals surface area contributed by atoms with Gasteiger partial charge in [0.25, 0.3) is 0 Å². The van der Waals surface area contributed by atoms with Gasteiger partial charge in [0.2, 0.25) is 0 Å². The van der Waals surface area contributed by atoms with E-state index < -0.39 is 0 Å². The standard InChI is InChI=1S/C11H16ClNO/c1-9(6-7-14)13-8-10-2-4-11(12)5-3-10/h2-5,9,13-14H,6-8H2,1H3. The maximum Gasteiger partial charge on any atom is 0.0445 e. The highest BCUT2D eigenvalue weighted by molar-refractivity contribution is 6.30. The number of rotatable bonds is 5. The lowest BCUT2D eigenvalue weighted by Gasteiger charge is -2.11. The Labute approximate surface area is 89.9 Å². The maximum atomic E-state index is 8.71. The van der Waals surface area contributed by atoms with Gasteiger partial charge in [0.1, 0.15) is 0 Å². The van der Waals surface area contributed by atoms with Gasteiger partial charge in [-0.15, -0.1) is 0 Å². The second-order valence-corrected chi connectivity index (χ2v) is 3.86. The van der Waals surface area contributed by atoms with E-state index in [1.807, 2.05) is 24.3 Å². The van der Waals surface area contributed by atoms with Gasteiger partial charge in [-0.3, -0.25) is 0 Å². The SMILES string of the molecule is CC(CCO)NCc1ccc(Cl)cc1. The van der Waals surface area contributed by atoms with Crippen molar-refractivity contribution in [2.75, 3.05) is 6.61 Å². The Bertz CT molecular complexity index is 260. The molecule has 0 aromatic heterocycles. The highest BCUT2D eigenvalue weighted by Crippen LogP contribution is 2.09. The minimum Gasteiger partial charge on any atom is -0.396 e. The zero-order chi connectivity index (χ0) is 10.4. The average molecular weight is 214 g/mol. The first-order valence-electron chi connectivity index (χ1n) is 4.81. The molecule has 1 atom stereocenters. The van der Waals surface area contributed by atoms with Gasteiger partial charge >= 0.3 is 0 Å². The lowest BCUT2D eigenvalue weighted by Crippen LogP contribution is -2.26. The summed E-state index contributed by atoms with van der Waals surface area (Å²) in [7, 11) is 0. The van der Waals surface area contributed by atoms with E-state index in [0.29, 0.717) is 6.04 Å². The normalized spacial score (nSPS) is 12.8. The number of benzene rings is 1. The van der Waals surface area contributed by atoms with Crippen LogP contribution in [0.3, 0.4) is 0 Å². The zero-order valence-corrected chi connectivity index (χ0v) is 9.09. The number of halogens is 1. The molecule has 0 aliphatic rings. The molecule has 0 bridgehead atoms. The molecule has 2 N–H and O–H groups in total. The summed E-state index contributed by atoms with van der Waals surface area (Å²) in [5.74, 6) is 0. The molecule has 1 aromatic rings. The zero-order valence-electron chi connectivity index (χ0n) is 8.33. The lowest BCUT2D eigenvalue weighted by atomic mass is 10.2. The molecule has 0 radical (unpaired) electrons. The predicted octanol–water partition coefficient (Wildman–Crippen LogP) is 2.20. The Morgan fingerprint density at radius 3 is 2.57 bits per heavy atom. The fourth-order valence-electron chi connectivity index (χ4n) is 1.19. The van der Waals surface area contributed by atoms with E-state index in [-0.39, 0.29) is 6.61 Å². The van der Waals surface area contributed by atoms with Crippen molar-refractivity contribution in [1.82, 2.24) is 5.32 Å². The molecule has 0 spiro atoms. The molecule has 2 nitrogen and oxygen atoms in total. The maximum absolute atomic E-state index is 8.71. The Hall–Kier alpha value is -0.570. The Morgan fingerprint density at radius 2 is 2.00 bits per heavy atom. The van der Waals surface area contributed by atoms with Gasteiger partial charge in [-0.05, 0) is 31.0 Å². The highest BCUT2D eigenvalue weighted by Gasteiger charge is 1.99. The number of aliphatic hydroxyl groups is 1. The summed E-state index contributed by atoms with van der Waals surface area (Å²) >= 11 is 5.77. The lowest BCUT2D eigenvalue weighted by molar-refractivity contribution is 0.268. The minimum absolute atomic E-state index is 0.231. The van der Waals surface area contributed by atoms with E-state index in [2.05, 4.69) is 12.2 Å². The van der Waals surface area contributed by atoms with Crippen molar-refractivity contribution in [2.45, 2.75) is 25.9 Å². The second-order valence-electron chi connectivity index (χ2n) is 3.42. The molecule has 0 aliphatic heterocycles. The summed E-state index contributed by atoms with van der Waals surface area (Å²) in [5, 5.41) is 12.8. The van der Waals surface area contributed by atoms with Gasteiger partial charge in [0.15, 0.2) is 0 Å². The topological polar surface area (TPSA) is 32.3 Å². The van der Waals surface area contributed by atoms with Crippen LogP contribution in [0.5, 0.6) is 0 Å². The number of aliphatic hydroxyl groups excluding tert-OH is 1. The summed E-state index contributed by atoms with van der Waals surface area (Å²) in [6.07, 6.45) is 0.785. The van der Waals surface area contributed by atoms with Crippen LogP contribution in [0.1, 0.15) is 18.9 Å². The number of hydrogen-bond donors (Lipinski definition) is 2. The third-order valence-corrected chi connectivity index (χ3v) is 2.38. The first-order chi connectivity index (χ1) is 6.72. The van der Waals surface area contributed by atoms with Crippen LogP contribution in [0, 0.1) is 0 Å². The van der Waals surface area contributed by atoms with E-state index in [9.17, 15) is 0 Å².